The molecular weight excluding hydrogens is 423 g/mol. The summed E-state index contributed by atoms with van der Waals surface area (Å²) in [7, 11) is 2.90. The molecule has 0 fully saturated rings. The Morgan fingerprint density at radius 1 is 1.10 bits per heavy atom. The molecule has 1 N–H and O–H groups in total. The van der Waals surface area contributed by atoms with Crippen molar-refractivity contribution in [1.29, 1.82) is 0 Å². The third-order valence-electron chi connectivity index (χ3n) is 4.91. The number of benzene rings is 2. The van der Waals surface area contributed by atoms with Gasteiger partial charge in [-0.25, -0.2) is 14.6 Å². The van der Waals surface area contributed by atoms with Gasteiger partial charge in [-0.15, -0.1) is 0 Å². The number of nitrogens with one attached hydrogen (secondary N) is 1. The number of halogens is 2. The van der Waals surface area contributed by atoms with E-state index in [9.17, 15) is 14.0 Å². The van der Waals surface area contributed by atoms with Gasteiger partial charge in [0.25, 0.3) is 5.56 Å². The molecule has 0 radical (unpaired) electrons. The Kier molecular flexibility index (Phi) is 5.43. The monoisotopic (exact) mass is 440 g/mol. The quantitative estimate of drug-likeness (QED) is 0.382. The molecule has 2 heterocycles. The number of hydrogen-bond donors (Lipinski definition) is 1. The Labute approximate surface area is 180 Å². The minimum absolute atomic E-state index is 0.0144. The van der Waals surface area contributed by atoms with E-state index < -0.39 is 17.1 Å². The van der Waals surface area contributed by atoms with Crippen molar-refractivity contribution in [2.75, 3.05) is 5.43 Å². The zero-order valence-electron chi connectivity index (χ0n) is 16.7. The van der Waals surface area contributed by atoms with Crippen molar-refractivity contribution in [2.24, 2.45) is 19.2 Å². The molecule has 31 heavy (non-hydrogen) atoms. The maximum Gasteiger partial charge on any atom is 0.332 e. The molecule has 0 spiro atoms. The summed E-state index contributed by atoms with van der Waals surface area (Å²) in [5.41, 5.74) is 3.09. The normalized spacial score (nSPS) is 11.5. The molecule has 0 atom stereocenters. The van der Waals surface area contributed by atoms with Gasteiger partial charge in [-0.05, 0) is 12.1 Å². The largest absolute Gasteiger partial charge is 0.332 e. The highest BCUT2D eigenvalue weighted by atomic mass is 35.5. The van der Waals surface area contributed by atoms with E-state index in [2.05, 4.69) is 15.5 Å². The minimum Gasteiger partial charge on any atom is -0.298 e. The number of anilines is 1. The first-order chi connectivity index (χ1) is 14.9. The van der Waals surface area contributed by atoms with E-state index in [0.29, 0.717) is 16.1 Å². The average molecular weight is 441 g/mol. The first-order valence-electron chi connectivity index (χ1n) is 9.31. The molecule has 4 aromatic rings. The van der Waals surface area contributed by atoms with E-state index in [-0.39, 0.29) is 23.7 Å². The number of nitrogens with zero attached hydrogens (tertiary/aromatic N) is 5. The molecule has 0 aliphatic rings. The Morgan fingerprint density at radius 3 is 2.55 bits per heavy atom. The highest BCUT2D eigenvalue weighted by Crippen LogP contribution is 2.19. The van der Waals surface area contributed by atoms with E-state index in [1.807, 2.05) is 6.07 Å². The molecule has 0 unspecified atom stereocenters. The predicted octanol–water partition coefficient (Wildman–Crippen LogP) is 2.72. The number of aryl methyl sites for hydroxylation is 1. The molecule has 158 valence electrons. The van der Waals surface area contributed by atoms with Crippen molar-refractivity contribution < 1.29 is 4.39 Å². The fourth-order valence-corrected chi connectivity index (χ4v) is 3.41. The average Bonchev–Trinajstić information content (AvgIpc) is 3.12. The first-order valence-corrected chi connectivity index (χ1v) is 9.69. The van der Waals surface area contributed by atoms with E-state index in [4.69, 9.17) is 11.6 Å². The van der Waals surface area contributed by atoms with Crippen LogP contribution >= 0.6 is 11.6 Å². The molecule has 0 aliphatic heterocycles. The lowest BCUT2D eigenvalue weighted by atomic mass is 10.2. The summed E-state index contributed by atoms with van der Waals surface area (Å²) in [6.45, 7) is 0.0144. The van der Waals surface area contributed by atoms with Gasteiger partial charge in [-0.3, -0.25) is 18.5 Å². The molecule has 8 nitrogen and oxygen atoms in total. The lowest BCUT2D eigenvalue weighted by Crippen LogP contribution is -2.37. The van der Waals surface area contributed by atoms with Crippen LogP contribution in [0.4, 0.5) is 10.3 Å². The Balaban J connectivity index is 1.85. The summed E-state index contributed by atoms with van der Waals surface area (Å²) < 4.78 is 18.1. The molecule has 4 rings (SSSR count). The van der Waals surface area contributed by atoms with Crippen LogP contribution in [0.5, 0.6) is 0 Å². The highest BCUT2D eigenvalue weighted by Gasteiger charge is 2.20. The molecule has 10 heteroatoms. The van der Waals surface area contributed by atoms with E-state index in [1.165, 1.54) is 35.5 Å². The van der Waals surface area contributed by atoms with Gasteiger partial charge in [0.15, 0.2) is 11.2 Å². The molecule has 0 saturated carbocycles. The smallest absolute Gasteiger partial charge is 0.298 e. The van der Waals surface area contributed by atoms with Gasteiger partial charge in [-0.1, -0.05) is 48.0 Å². The van der Waals surface area contributed by atoms with Crippen LogP contribution in [0, 0.1) is 5.82 Å². The standard InChI is InChI=1S/C21H18ClFN6O2/c1-27-18-17(19(30)28(2)21(27)31)29(12-14-8-4-6-10-16(14)23)20(25-18)26-24-11-13-7-3-5-9-15(13)22/h3-11H,12H2,1-2H3,(H,25,26)/b24-11-. The number of fused-ring (bicyclic) bond motifs is 1. The van der Waals surface area contributed by atoms with E-state index in [0.717, 1.165) is 4.57 Å². The third-order valence-corrected chi connectivity index (χ3v) is 5.25. The number of rotatable bonds is 5. The second-order valence-corrected chi connectivity index (χ2v) is 7.29. The minimum atomic E-state index is -0.537. The van der Waals surface area contributed by atoms with Crippen molar-refractivity contribution in [2.45, 2.75) is 6.54 Å². The highest BCUT2D eigenvalue weighted by molar-refractivity contribution is 6.33. The number of hydrogen-bond acceptors (Lipinski definition) is 5. The molecule has 0 bridgehead atoms. The fraction of sp³-hybridized carbons (Fsp3) is 0.143. The number of hydrazone groups is 1. The van der Waals surface area contributed by atoms with E-state index in [1.54, 1.807) is 36.4 Å². The Hall–Kier alpha value is -3.72. The zero-order valence-corrected chi connectivity index (χ0v) is 17.5. The topological polar surface area (TPSA) is 86.2 Å². The van der Waals surface area contributed by atoms with E-state index >= 15 is 0 Å². The Morgan fingerprint density at radius 2 is 1.81 bits per heavy atom. The number of aromatic nitrogens is 4. The fourth-order valence-electron chi connectivity index (χ4n) is 3.22. The van der Waals surface area contributed by atoms with Crippen molar-refractivity contribution in [3.05, 3.63) is 91.3 Å². The van der Waals surface area contributed by atoms with Gasteiger partial charge in [-0.2, -0.15) is 10.1 Å². The van der Waals surface area contributed by atoms with Gasteiger partial charge in [0.1, 0.15) is 5.82 Å². The zero-order chi connectivity index (χ0) is 22.1. The molecule has 0 aliphatic carbocycles. The van der Waals surface area contributed by atoms with Crippen LogP contribution in [0.2, 0.25) is 5.02 Å². The second-order valence-electron chi connectivity index (χ2n) is 6.88. The summed E-state index contributed by atoms with van der Waals surface area (Å²) in [6, 6.07) is 13.4. The maximum absolute atomic E-state index is 14.3. The van der Waals surface area contributed by atoms with Crippen LogP contribution in [0.15, 0.2) is 63.2 Å². The van der Waals surface area contributed by atoms with Gasteiger partial charge in [0.2, 0.25) is 5.95 Å². The second kappa shape index (κ2) is 8.19. The van der Waals surface area contributed by atoms with Crippen molar-refractivity contribution in [3.8, 4) is 0 Å². The molecule has 0 amide bonds. The van der Waals surface area contributed by atoms with Gasteiger partial charge < -0.3 is 0 Å². The lowest BCUT2D eigenvalue weighted by Gasteiger charge is -2.10. The molecular formula is C21H18ClFN6O2. The van der Waals surface area contributed by atoms with Crippen molar-refractivity contribution >= 4 is 34.9 Å². The molecule has 2 aromatic carbocycles. The Bertz CT molecular complexity index is 1440. The summed E-state index contributed by atoms with van der Waals surface area (Å²) in [5.74, 6) is -0.239. The summed E-state index contributed by atoms with van der Waals surface area (Å²) in [5, 5.41) is 4.68. The van der Waals surface area contributed by atoms with Crippen LogP contribution in [0.25, 0.3) is 11.2 Å². The number of imidazole rings is 1. The SMILES string of the molecule is Cn1c(=O)c2c(nc(N/N=C\c3ccccc3Cl)n2Cc2ccccc2F)n(C)c1=O. The predicted molar refractivity (Wildman–Crippen MR) is 118 cm³/mol. The lowest BCUT2D eigenvalue weighted by molar-refractivity contribution is 0.601. The van der Waals surface area contributed by atoms with Gasteiger partial charge in [0, 0.05) is 30.2 Å². The molecule has 2 aromatic heterocycles. The molecule has 0 saturated heterocycles. The first kappa shape index (κ1) is 20.5. The summed E-state index contributed by atoms with van der Waals surface area (Å²) in [4.78, 5) is 29.6. The van der Waals surface area contributed by atoms with Crippen molar-refractivity contribution in [1.82, 2.24) is 18.7 Å². The maximum atomic E-state index is 14.3. The van der Waals surface area contributed by atoms with Crippen LogP contribution in [-0.4, -0.2) is 24.9 Å². The van der Waals surface area contributed by atoms with Gasteiger partial charge in [0.05, 0.1) is 12.8 Å². The van der Waals surface area contributed by atoms with Gasteiger partial charge >= 0.3 is 5.69 Å². The van der Waals surface area contributed by atoms with Crippen LogP contribution in [0.1, 0.15) is 11.1 Å². The third kappa shape index (κ3) is 3.75. The van der Waals surface area contributed by atoms with Crippen LogP contribution in [0.3, 0.4) is 0 Å². The van der Waals surface area contributed by atoms with Crippen molar-refractivity contribution in [3.63, 3.8) is 0 Å². The van der Waals surface area contributed by atoms with Crippen LogP contribution < -0.4 is 16.7 Å². The van der Waals surface area contributed by atoms with Crippen LogP contribution in [-0.2, 0) is 20.6 Å². The summed E-state index contributed by atoms with van der Waals surface area (Å²) >= 11 is 6.14. The summed E-state index contributed by atoms with van der Waals surface area (Å²) in [6.07, 6.45) is 1.51.